The predicted octanol–water partition coefficient (Wildman–Crippen LogP) is 0.787. The third kappa shape index (κ3) is 4.11. The summed E-state index contributed by atoms with van der Waals surface area (Å²) in [7, 11) is 0. The average molecular weight is 253 g/mol. The molecule has 1 saturated heterocycles. The number of hydrogen-bond donors (Lipinski definition) is 2. The minimum atomic E-state index is 0.0903. The topological polar surface area (TPSA) is 58.4 Å². The zero-order valence-corrected chi connectivity index (χ0v) is 10.7. The third-order valence-electron chi connectivity index (χ3n) is 2.95. The Bertz CT molecular complexity index is 353. The standard InChI is InChI=1S/C12H19N3OS/c13-10-3-1-5-15(8-10)9-12(16)14-7-11-4-2-6-17-11/h2,4,6,10H,1,3,5,7-9,13H2,(H,14,16)/t10-/m1/s1. The van der Waals surface area contributed by atoms with Crippen LogP contribution in [-0.4, -0.2) is 36.5 Å². The van der Waals surface area contributed by atoms with Crippen molar-refractivity contribution in [2.75, 3.05) is 19.6 Å². The Morgan fingerprint density at radius 2 is 2.53 bits per heavy atom. The molecule has 0 spiro atoms. The van der Waals surface area contributed by atoms with Gasteiger partial charge in [-0.25, -0.2) is 0 Å². The maximum absolute atomic E-state index is 11.7. The Hall–Kier alpha value is -0.910. The molecular formula is C12H19N3OS. The van der Waals surface area contributed by atoms with Crippen molar-refractivity contribution in [1.29, 1.82) is 0 Å². The molecule has 2 rings (SSSR count). The van der Waals surface area contributed by atoms with Gasteiger partial charge < -0.3 is 11.1 Å². The first kappa shape index (κ1) is 12.5. The van der Waals surface area contributed by atoms with Gasteiger partial charge in [-0.15, -0.1) is 11.3 Å². The lowest BCUT2D eigenvalue weighted by molar-refractivity contribution is -0.122. The van der Waals surface area contributed by atoms with Gasteiger partial charge >= 0.3 is 0 Å². The Labute approximate surface area is 106 Å². The van der Waals surface area contributed by atoms with Crippen LogP contribution in [0.3, 0.4) is 0 Å². The number of nitrogens with one attached hydrogen (secondary N) is 1. The SMILES string of the molecule is N[C@@H]1CCCN(CC(=O)NCc2cccs2)C1. The van der Waals surface area contributed by atoms with E-state index in [2.05, 4.69) is 10.2 Å². The summed E-state index contributed by atoms with van der Waals surface area (Å²) in [5.74, 6) is 0.0903. The second kappa shape index (κ2) is 6.14. The molecule has 1 aliphatic heterocycles. The molecule has 17 heavy (non-hydrogen) atoms. The molecule has 1 atom stereocenters. The van der Waals surface area contributed by atoms with E-state index in [-0.39, 0.29) is 11.9 Å². The number of rotatable bonds is 4. The normalized spacial score (nSPS) is 21.4. The average Bonchev–Trinajstić information content (AvgIpc) is 2.79. The summed E-state index contributed by atoms with van der Waals surface area (Å²) in [5, 5.41) is 4.96. The molecule has 0 unspecified atom stereocenters. The number of nitrogens with two attached hydrogens (primary N) is 1. The van der Waals surface area contributed by atoms with Crippen molar-refractivity contribution < 1.29 is 4.79 Å². The van der Waals surface area contributed by atoms with Crippen LogP contribution in [0.1, 0.15) is 17.7 Å². The Balaban J connectivity index is 1.70. The summed E-state index contributed by atoms with van der Waals surface area (Å²) in [6, 6.07) is 4.26. The third-order valence-corrected chi connectivity index (χ3v) is 3.83. The van der Waals surface area contributed by atoms with Gasteiger partial charge in [-0.1, -0.05) is 6.07 Å². The van der Waals surface area contributed by atoms with Gasteiger partial charge in [0.2, 0.25) is 5.91 Å². The van der Waals surface area contributed by atoms with Crippen molar-refractivity contribution >= 4 is 17.2 Å². The van der Waals surface area contributed by atoms with Crippen molar-refractivity contribution in [1.82, 2.24) is 10.2 Å². The highest BCUT2D eigenvalue weighted by molar-refractivity contribution is 7.09. The highest BCUT2D eigenvalue weighted by Gasteiger charge is 2.18. The molecule has 1 amide bonds. The summed E-state index contributed by atoms with van der Waals surface area (Å²) in [6.07, 6.45) is 2.17. The van der Waals surface area contributed by atoms with Gasteiger partial charge in [-0.2, -0.15) is 0 Å². The van der Waals surface area contributed by atoms with Crippen LogP contribution in [-0.2, 0) is 11.3 Å². The first-order chi connectivity index (χ1) is 8.24. The fourth-order valence-corrected chi connectivity index (χ4v) is 2.74. The number of carbonyl (C=O) groups is 1. The van der Waals surface area contributed by atoms with Crippen LogP contribution in [0.25, 0.3) is 0 Å². The number of amides is 1. The van der Waals surface area contributed by atoms with Crippen molar-refractivity contribution in [3.63, 3.8) is 0 Å². The largest absolute Gasteiger partial charge is 0.350 e. The highest BCUT2D eigenvalue weighted by atomic mass is 32.1. The highest BCUT2D eigenvalue weighted by Crippen LogP contribution is 2.09. The second-order valence-electron chi connectivity index (χ2n) is 4.49. The molecule has 2 heterocycles. The van der Waals surface area contributed by atoms with E-state index in [1.54, 1.807) is 11.3 Å². The van der Waals surface area contributed by atoms with E-state index >= 15 is 0 Å². The summed E-state index contributed by atoms with van der Waals surface area (Å²) in [5.41, 5.74) is 5.88. The van der Waals surface area contributed by atoms with E-state index in [4.69, 9.17) is 5.73 Å². The molecule has 0 aromatic carbocycles. The zero-order chi connectivity index (χ0) is 12.1. The molecule has 1 aromatic heterocycles. The van der Waals surface area contributed by atoms with E-state index in [0.29, 0.717) is 13.1 Å². The van der Waals surface area contributed by atoms with Crippen LogP contribution in [0.4, 0.5) is 0 Å². The lowest BCUT2D eigenvalue weighted by Crippen LogP contribution is -2.46. The molecule has 94 valence electrons. The predicted molar refractivity (Wildman–Crippen MR) is 69.8 cm³/mol. The molecule has 1 fully saturated rings. The van der Waals surface area contributed by atoms with Gasteiger partial charge in [0.15, 0.2) is 0 Å². The minimum Gasteiger partial charge on any atom is -0.350 e. The first-order valence-corrected chi connectivity index (χ1v) is 6.89. The Morgan fingerprint density at radius 1 is 1.65 bits per heavy atom. The summed E-state index contributed by atoms with van der Waals surface area (Å²) in [4.78, 5) is 15.0. The molecule has 0 bridgehead atoms. The first-order valence-electron chi connectivity index (χ1n) is 6.01. The lowest BCUT2D eigenvalue weighted by atomic mass is 10.1. The molecule has 0 saturated carbocycles. The van der Waals surface area contributed by atoms with Crippen molar-refractivity contribution in [2.45, 2.75) is 25.4 Å². The van der Waals surface area contributed by atoms with Gasteiger partial charge in [0.1, 0.15) is 0 Å². The molecule has 1 aromatic rings. The number of thiophene rings is 1. The summed E-state index contributed by atoms with van der Waals surface area (Å²) >= 11 is 1.66. The minimum absolute atomic E-state index is 0.0903. The lowest BCUT2D eigenvalue weighted by Gasteiger charge is -2.29. The van der Waals surface area contributed by atoms with Crippen molar-refractivity contribution in [3.8, 4) is 0 Å². The Kier molecular flexibility index (Phi) is 4.53. The number of carbonyl (C=O) groups excluding carboxylic acids is 1. The maximum atomic E-state index is 11.7. The molecule has 4 nitrogen and oxygen atoms in total. The fraction of sp³-hybridized carbons (Fsp3) is 0.583. The van der Waals surface area contributed by atoms with Gasteiger partial charge in [0.25, 0.3) is 0 Å². The van der Waals surface area contributed by atoms with Gasteiger partial charge in [-0.3, -0.25) is 9.69 Å². The van der Waals surface area contributed by atoms with Gasteiger partial charge in [0.05, 0.1) is 13.1 Å². The van der Waals surface area contributed by atoms with Crippen LogP contribution < -0.4 is 11.1 Å². The van der Waals surface area contributed by atoms with Crippen LogP contribution in [0.2, 0.25) is 0 Å². The van der Waals surface area contributed by atoms with E-state index in [1.807, 2.05) is 17.5 Å². The Morgan fingerprint density at radius 3 is 3.24 bits per heavy atom. The fourth-order valence-electron chi connectivity index (χ4n) is 2.09. The van der Waals surface area contributed by atoms with Gasteiger partial charge in [0, 0.05) is 17.5 Å². The van der Waals surface area contributed by atoms with E-state index in [1.165, 1.54) is 4.88 Å². The van der Waals surface area contributed by atoms with Crippen LogP contribution in [0.5, 0.6) is 0 Å². The number of likely N-dealkylation sites (tertiary alicyclic amines) is 1. The number of nitrogens with zero attached hydrogens (tertiary/aromatic N) is 1. The van der Waals surface area contributed by atoms with Crippen LogP contribution in [0, 0.1) is 0 Å². The number of hydrogen-bond acceptors (Lipinski definition) is 4. The van der Waals surface area contributed by atoms with Crippen LogP contribution in [0.15, 0.2) is 17.5 Å². The van der Waals surface area contributed by atoms with Crippen molar-refractivity contribution in [2.24, 2.45) is 5.73 Å². The summed E-state index contributed by atoms with van der Waals surface area (Å²) in [6.45, 7) is 2.93. The van der Waals surface area contributed by atoms with E-state index < -0.39 is 0 Å². The molecule has 3 N–H and O–H groups in total. The molecule has 0 aliphatic carbocycles. The molecule has 5 heteroatoms. The van der Waals surface area contributed by atoms with Crippen molar-refractivity contribution in [3.05, 3.63) is 22.4 Å². The quantitative estimate of drug-likeness (QED) is 0.834. The smallest absolute Gasteiger partial charge is 0.234 e. The van der Waals surface area contributed by atoms with E-state index in [9.17, 15) is 4.79 Å². The molecule has 0 radical (unpaired) electrons. The van der Waals surface area contributed by atoms with Crippen LogP contribution >= 0.6 is 11.3 Å². The van der Waals surface area contributed by atoms with E-state index in [0.717, 1.165) is 25.9 Å². The monoisotopic (exact) mass is 253 g/mol. The molecule has 1 aliphatic rings. The zero-order valence-electron chi connectivity index (χ0n) is 9.89. The second-order valence-corrected chi connectivity index (χ2v) is 5.53. The molecular weight excluding hydrogens is 234 g/mol. The maximum Gasteiger partial charge on any atom is 0.234 e. The summed E-state index contributed by atoms with van der Waals surface area (Å²) < 4.78 is 0. The number of piperidine rings is 1. The van der Waals surface area contributed by atoms with Gasteiger partial charge in [-0.05, 0) is 30.8 Å².